The highest BCUT2D eigenvalue weighted by atomic mass is 79.9. The fourth-order valence-electron chi connectivity index (χ4n) is 0.886. The molecule has 0 saturated heterocycles. The number of hydrogen-bond donors (Lipinski definition) is 3. The predicted molar refractivity (Wildman–Crippen MR) is 57.0 cm³/mol. The molecule has 0 spiro atoms. The lowest BCUT2D eigenvalue weighted by Crippen LogP contribution is -2.34. The van der Waals surface area contributed by atoms with Gasteiger partial charge in [-0.05, 0) is 28.1 Å². The number of urea groups is 1. The lowest BCUT2D eigenvalue weighted by atomic mass is 10.3. The molecule has 0 fully saturated rings. The Morgan fingerprint density at radius 2 is 2.29 bits per heavy atom. The molecule has 5 nitrogen and oxygen atoms in total. The number of hydrazine groups is 1. The highest BCUT2D eigenvalue weighted by Gasteiger charge is 2.04. The van der Waals surface area contributed by atoms with Crippen molar-refractivity contribution in [3.63, 3.8) is 0 Å². The van der Waals surface area contributed by atoms with E-state index in [9.17, 15) is 4.79 Å². The summed E-state index contributed by atoms with van der Waals surface area (Å²) in [5, 5.41) is 2.53. The minimum Gasteiger partial charge on any atom is -0.497 e. The van der Waals surface area contributed by atoms with Gasteiger partial charge < -0.3 is 10.1 Å². The molecule has 76 valence electrons. The normalized spacial score (nSPS) is 9.36. The monoisotopic (exact) mass is 259 g/mol. The zero-order valence-electron chi connectivity index (χ0n) is 7.50. The zero-order valence-corrected chi connectivity index (χ0v) is 9.09. The van der Waals surface area contributed by atoms with E-state index < -0.39 is 6.03 Å². The van der Waals surface area contributed by atoms with E-state index >= 15 is 0 Å². The van der Waals surface area contributed by atoms with E-state index in [1.54, 1.807) is 25.3 Å². The third kappa shape index (κ3) is 2.61. The van der Waals surface area contributed by atoms with Crippen LogP contribution in [0.4, 0.5) is 10.5 Å². The Morgan fingerprint density at radius 1 is 1.57 bits per heavy atom. The molecule has 1 aromatic carbocycles. The van der Waals surface area contributed by atoms with Crippen LogP contribution in [0.15, 0.2) is 22.7 Å². The molecule has 14 heavy (non-hydrogen) atoms. The van der Waals surface area contributed by atoms with E-state index in [2.05, 4.69) is 21.2 Å². The summed E-state index contributed by atoms with van der Waals surface area (Å²) in [6.45, 7) is 0. The number of halogens is 1. The van der Waals surface area contributed by atoms with Crippen molar-refractivity contribution in [3.05, 3.63) is 22.7 Å². The second kappa shape index (κ2) is 4.83. The summed E-state index contributed by atoms with van der Waals surface area (Å²) >= 11 is 3.28. The van der Waals surface area contributed by atoms with Gasteiger partial charge in [0.15, 0.2) is 0 Å². The van der Waals surface area contributed by atoms with Gasteiger partial charge in [0.05, 0.1) is 12.8 Å². The zero-order chi connectivity index (χ0) is 10.6. The van der Waals surface area contributed by atoms with Crippen molar-refractivity contribution >= 4 is 27.6 Å². The van der Waals surface area contributed by atoms with Gasteiger partial charge in [-0.15, -0.1) is 0 Å². The van der Waals surface area contributed by atoms with Gasteiger partial charge in [-0.1, -0.05) is 0 Å². The number of benzene rings is 1. The molecule has 0 aromatic heterocycles. The van der Waals surface area contributed by atoms with Crippen molar-refractivity contribution in [1.82, 2.24) is 5.43 Å². The number of anilines is 1. The Kier molecular flexibility index (Phi) is 3.73. The number of hydrogen-bond acceptors (Lipinski definition) is 3. The number of carbonyl (C=O) groups is 1. The number of nitrogens with two attached hydrogens (primary N) is 1. The Balaban J connectivity index is 2.89. The minimum absolute atomic E-state index is 0.487. The Hall–Kier alpha value is -1.27. The molecule has 0 aliphatic rings. The minimum atomic E-state index is -0.487. The fourth-order valence-corrected chi connectivity index (χ4v) is 1.23. The van der Waals surface area contributed by atoms with Crippen LogP contribution in [0, 0.1) is 0 Å². The summed E-state index contributed by atoms with van der Waals surface area (Å²) in [7, 11) is 1.55. The summed E-state index contributed by atoms with van der Waals surface area (Å²) in [4.78, 5) is 10.9. The van der Waals surface area contributed by atoms with E-state index in [1.165, 1.54) is 0 Å². The van der Waals surface area contributed by atoms with Crippen molar-refractivity contribution < 1.29 is 9.53 Å². The molecule has 0 heterocycles. The molecular weight excluding hydrogens is 250 g/mol. The Labute approximate surface area is 89.7 Å². The molecule has 4 N–H and O–H groups in total. The van der Waals surface area contributed by atoms with Gasteiger partial charge in [0.1, 0.15) is 5.75 Å². The van der Waals surface area contributed by atoms with Gasteiger partial charge in [-0.2, -0.15) is 0 Å². The van der Waals surface area contributed by atoms with E-state index in [4.69, 9.17) is 10.6 Å². The average molecular weight is 260 g/mol. The van der Waals surface area contributed by atoms with Crippen LogP contribution in [0.2, 0.25) is 0 Å². The van der Waals surface area contributed by atoms with Crippen molar-refractivity contribution in [1.29, 1.82) is 0 Å². The first-order valence-corrected chi connectivity index (χ1v) is 4.58. The van der Waals surface area contributed by atoms with Gasteiger partial charge in [0, 0.05) is 10.5 Å². The highest BCUT2D eigenvalue weighted by Crippen LogP contribution is 2.26. The van der Waals surface area contributed by atoms with Gasteiger partial charge in [0.25, 0.3) is 0 Å². The maximum absolute atomic E-state index is 10.9. The van der Waals surface area contributed by atoms with Crippen molar-refractivity contribution in [2.24, 2.45) is 5.84 Å². The van der Waals surface area contributed by atoms with Gasteiger partial charge in [-0.25, -0.2) is 10.6 Å². The number of amides is 2. The summed E-state index contributed by atoms with van der Waals surface area (Å²) in [6, 6.07) is 4.74. The fraction of sp³-hybridized carbons (Fsp3) is 0.125. The van der Waals surface area contributed by atoms with Crippen LogP contribution in [0.5, 0.6) is 5.75 Å². The standard InChI is InChI=1S/C8H10BrN3O2/c1-14-5-2-3-6(9)7(4-5)11-8(13)12-10/h2-4H,10H2,1H3,(H2,11,12,13). The average Bonchev–Trinajstić information content (AvgIpc) is 2.21. The second-order valence-corrected chi connectivity index (χ2v) is 3.30. The third-order valence-corrected chi connectivity index (χ3v) is 2.24. The summed E-state index contributed by atoms with van der Waals surface area (Å²) in [5.74, 6) is 5.59. The van der Waals surface area contributed by atoms with Crippen molar-refractivity contribution in [2.75, 3.05) is 12.4 Å². The SMILES string of the molecule is COc1ccc(Br)c(NC(=O)NN)c1. The molecule has 2 amide bonds. The molecule has 0 atom stereocenters. The van der Waals surface area contributed by atoms with Crippen LogP contribution in [-0.2, 0) is 0 Å². The maximum Gasteiger partial charge on any atom is 0.333 e. The van der Waals surface area contributed by atoms with Gasteiger partial charge in [0.2, 0.25) is 0 Å². The number of methoxy groups -OCH3 is 1. The van der Waals surface area contributed by atoms with E-state index in [0.29, 0.717) is 11.4 Å². The largest absolute Gasteiger partial charge is 0.497 e. The first kappa shape index (κ1) is 10.8. The molecule has 0 unspecified atom stereocenters. The number of ether oxygens (including phenoxy) is 1. The van der Waals surface area contributed by atoms with Gasteiger partial charge >= 0.3 is 6.03 Å². The van der Waals surface area contributed by atoms with Crippen molar-refractivity contribution in [3.8, 4) is 5.75 Å². The van der Waals surface area contributed by atoms with Crippen LogP contribution >= 0.6 is 15.9 Å². The molecular formula is C8H10BrN3O2. The second-order valence-electron chi connectivity index (χ2n) is 2.44. The van der Waals surface area contributed by atoms with Crippen LogP contribution in [-0.4, -0.2) is 13.1 Å². The predicted octanol–water partition coefficient (Wildman–Crippen LogP) is 1.45. The maximum atomic E-state index is 10.9. The molecule has 0 saturated carbocycles. The molecule has 6 heteroatoms. The summed E-state index contributed by atoms with van der Waals surface area (Å²) in [6.07, 6.45) is 0. The quantitative estimate of drug-likeness (QED) is 0.428. The lowest BCUT2D eigenvalue weighted by molar-refractivity contribution is 0.252. The summed E-state index contributed by atoms with van der Waals surface area (Å²) < 4.78 is 5.75. The topological polar surface area (TPSA) is 76.4 Å². The number of nitrogens with one attached hydrogen (secondary N) is 2. The molecule has 1 aromatic rings. The first-order chi connectivity index (χ1) is 6.67. The van der Waals surface area contributed by atoms with Gasteiger partial charge in [-0.3, -0.25) is 5.43 Å². The molecule has 0 aliphatic heterocycles. The lowest BCUT2D eigenvalue weighted by Gasteiger charge is -2.08. The number of rotatable bonds is 2. The molecule has 0 radical (unpaired) electrons. The van der Waals surface area contributed by atoms with E-state index in [-0.39, 0.29) is 0 Å². The van der Waals surface area contributed by atoms with Crippen LogP contribution in [0.25, 0.3) is 0 Å². The third-order valence-electron chi connectivity index (χ3n) is 1.55. The molecule has 0 aliphatic carbocycles. The summed E-state index contributed by atoms with van der Waals surface area (Å²) in [5.41, 5.74) is 2.56. The highest BCUT2D eigenvalue weighted by molar-refractivity contribution is 9.10. The Morgan fingerprint density at radius 3 is 2.86 bits per heavy atom. The van der Waals surface area contributed by atoms with Crippen LogP contribution in [0.3, 0.4) is 0 Å². The van der Waals surface area contributed by atoms with Crippen LogP contribution in [0.1, 0.15) is 0 Å². The Bertz CT molecular complexity index is 343. The molecule has 0 bridgehead atoms. The van der Waals surface area contributed by atoms with Crippen molar-refractivity contribution in [2.45, 2.75) is 0 Å². The molecule has 1 rings (SSSR count). The van der Waals surface area contributed by atoms with Crippen LogP contribution < -0.4 is 21.3 Å². The number of carbonyl (C=O) groups excluding carboxylic acids is 1. The smallest absolute Gasteiger partial charge is 0.333 e. The van der Waals surface area contributed by atoms with E-state index in [1.807, 2.05) is 5.43 Å². The van der Waals surface area contributed by atoms with E-state index in [0.717, 1.165) is 4.47 Å². The first-order valence-electron chi connectivity index (χ1n) is 3.78.